The van der Waals surface area contributed by atoms with Gasteiger partial charge in [-0.1, -0.05) is 13.3 Å². The van der Waals surface area contributed by atoms with Crippen molar-refractivity contribution < 1.29 is 22.7 Å². The van der Waals surface area contributed by atoms with E-state index in [1.807, 2.05) is 6.92 Å². The van der Waals surface area contributed by atoms with Crippen molar-refractivity contribution in [1.82, 2.24) is 8.61 Å². The van der Waals surface area contributed by atoms with Gasteiger partial charge in [0, 0.05) is 26.7 Å². The fourth-order valence-electron chi connectivity index (χ4n) is 2.60. The van der Waals surface area contributed by atoms with Crippen LogP contribution in [0.4, 0.5) is 0 Å². The summed E-state index contributed by atoms with van der Waals surface area (Å²) in [5.41, 5.74) is 0. The predicted molar refractivity (Wildman–Crippen MR) is 70.7 cm³/mol. The molecule has 2 unspecified atom stereocenters. The lowest BCUT2D eigenvalue weighted by molar-refractivity contribution is -0.153. The Morgan fingerprint density at radius 2 is 1.95 bits per heavy atom. The van der Waals surface area contributed by atoms with Crippen molar-refractivity contribution >= 4 is 22.1 Å². The van der Waals surface area contributed by atoms with Gasteiger partial charge < -0.3 is 4.74 Å². The quantitative estimate of drug-likeness (QED) is 0.527. The highest BCUT2D eigenvalue weighted by Crippen LogP contribution is 2.32. The summed E-state index contributed by atoms with van der Waals surface area (Å²) in [5.74, 6) is -2.24. The van der Waals surface area contributed by atoms with E-state index in [-0.39, 0.29) is 13.1 Å². The van der Waals surface area contributed by atoms with E-state index < -0.39 is 34.0 Å². The fraction of sp³-hybridized carbons (Fsp3) is 0.833. The van der Waals surface area contributed by atoms with E-state index in [1.54, 1.807) is 0 Å². The molecular weight excluding hydrogens is 284 g/mol. The van der Waals surface area contributed by atoms with E-state index in [2.05, 4.69) is 4.74 Å². The van der Waals surface area contributed by atoms with Gasteiger partial charge in [-0.3, -0.25) is 9.59 Å². The fourth-order valence-corrected chi connectivity index (χ4v) is 4.04. The normalized spacial score (nSPS) is 27.8. The standard InChI is InChI=1S/C12H20N2O5S/c1-3-4-6-13(2)20(17,18)14-7-5-9-10(8-14)12(16)19-11(9)15/h9-10H,3-8H2,1-2H3. The van der Waals surface area contributed by atoms with Crippen LogP contribution in [0.1, 0.15) is 26.2 Å². The van der Waals surface area contributed by atoms with Crippen molar-refractivity contribution in [3.05, 3.63) is 0 Å². The number of unbranched alkanes of at least 4 members (excludes halogenated alkanes) is 1. The van der Waals surface area contributed by atoms with E-state index >= 15 is 0 Å². The molecule has 0 aromatic heterocycles. The number of hydrogen-bond donors (Lipinski definition) is 0. The predicted octanol–water partition coefficient (Wildman–Crippen LogP) is -0.0154. The van der Waals surface area contributed by atoms with Crippen LogP contribution in [0, 0.1) is 11.8 Å². The third-order valence-electron chi connectivity index (χ3n) is 3.93. The maximum absolute atomic E-state index is 12.4. The Kier molecular flexibility index (Phi) is 4.46. The second-order valence-corrected chi connectivity index (χ2v) is 7.32. The summed E-state index contributed by atoms with van der Waals surface area (Å²) in [6, 6.07) is 0. The number of piperidine rings is 1. The molecule has 0 N–H and O–H groups in total. The van der Waals surface area contributed by atoms with Crippen LogP contribution >= 0.6 is 0 Å². The van der Waals surface area contributed by atoms with Crippen LogP contribution < -0.4 is 0 Å². The van der Waals surface area contributed by atoms with Crippen molar-refractivity contribution in [1.29, 1.82) is 0 Å². The van der Waals surface area contributed by atoms with Gasteiger partial charge in [0.2, 0.25) is 0 Å². The number of hydrogen-bond acceptors (Lipinski definition) is 5. The third-order valence-corrected chi connectivity index (χ3v) is 5.88. The molecule has 2 aliphatic heterocycles. The zero-order valence-corrected chi connectivity index (χ0v) is 12.6. The molecule has 0 spiro atoms. The number of fused-ring (bicyclic) bond motifs is 1. The molecule has 2 aliphatic rings. The second-order valence-electron chi connectivity index (χ2n) is 5.28. The third kappa shape index (κ3) is 2.72. The van der Waals surface area contributed by atoms with Gasteiger partial charge in [-0.2, -0.15) is 17.0 Å². The summed E-state index contributed by atoms with van der Waals surface area (Å²) in [7, 11) is -2.03. The van der Waals surface area contributed by atoms with Gasteiger partial charge in [0.15, 0.2) is 0 Å². The summed E-state index contributed by atoms with van der Waals surface area (Å²) in [4.78, 5) is 23.0. The Balaban J connectivity index is 2.07. The van der Waals surface area contributed by atoms with Gasteiger partial charge >= 0.3 is 11.9 Å². The average molecular weight is 304 g/mol. The number of rotatable bonds is 5. The first-order valence-corrected chi connectivity index (χ1v) is 8.24. The Morgan fingerprint density at radius 1 is 1.30 bits per heavy atom. The van der Waals surface area contributed by atoms with Crippen LogP contribution in [-0.2, 0) is 24.5 Å². The zero-order valence-electron chi connectivity index (χ0n) is 11.7. The number of carbonyl (C=O) groups is 2. The van der Waals surface area contributed by atoms with Crippen LogP contribution in [0.3, 0.4) is 0 Å². The van der Waals surface area contributed by atoms with Crippen molar-refractivity contribution in [3.63, 3.8) is 0 Å². The highest BCUT2D eigenvalue weighted by molar-refractivity contribution is 7.86. The highest BCUT2D eigenvalue weighted by Gasteiger charge is 2.49. The van der Waals surface area contributed by atoms with Crippen LogP contribution in [-0.4, -0.2) is 55.6 Å². The van der Waals surface area contributed by atoms with Crippen molar-refractivity contribution in [2.45, 2.75) is 26.2 Å². The molecule has 2 atom stereocenters. The van der Waals surface area contributed by atoms with E-state index in [1.165, 1.54) is 15.7 Å². The van der Waals surface area contributed by atoms with Crippen molar-refractivity contribution in [2.24, 2.45) is 11.8 Å². The Labute approximate surface area is 119 Å². The SMILES string of the molecule is CCCCN(C)S(=O)(=O)N1CCC2C(=O)OC(=O)C2C1. The maximum atomic E-state index is 12.4. The molecular formula is C12H20N2O5S. The molecule has 114 valence electrons. The molecule has 0 saturated carbocycles. The summed E-state index contributed by atoms with van der Waals surface area (Å²) in [5, 5.41) is 0. The Morgan fingerprint density at radius 3 is 2.60 bits per heavy atom. The van der Waals surface area contributed by atoms with Crippen LogP contribution in [0.15, 0.2) is 0 Å². The molecule has 8 heteroatoms. The van der Waals surface area contributed by atoms with Crippen LogP contribution in [0.5, 0.6) is 0 Å². The number of esters is 2. The molecule has 2 fully saturated rings. The second kappa shape index (κ2) is 5.79. The molecule has 0 aliphatic carbocycles. The Hall–Kier alpha value is -0.990. The maximum Gasteiger partial charge on any atom is 0.318 e. The van der Waals surface area contributed by atoms with E-state index in [0.29, 0.717) is 13.0 Å². The summed E-state index contributed by atoms with van der Waals surface area (Å²) in [6.07, 6.45) is 2.04. The number of cyclic esters (lactones) is 2. The highest BCUT2D eigenvalue weighted by atomic mass is 32.2. The lowest BCUT2D eigenvalue weighted by atomic mass is 9.89. The van der Waals surface area contributed by atoms with Gasteiger partial charge in [-0.25, -0.2) is 0 Å². The zero-order chi connectivity index (χ0) is 14.9. The first-order valence-electron chi connectivity index (χ1n) is 6.85. The average Bonchev–Trinajstić information content (AvgIpc) is 2.71. The minimum absolute atomic E-state index is 0.0358. The molecule has 0 amide bonds. The minimum atomic E-state index is -3.57. The Bertz CT molecular complexity index is 504. The number of carbonyl (C=O) groups excluding carboxylic acids is 2. The number of nitrogens with zero attached hydrogens (tertiary/aromatic N) is 2. The first kappa shape index (κ1) is 15.4. The molecule has 0 aromatic rings. The topological polar surface area (TPSA) is 84.0 Å². The lowest BCUT2D eigenvalue weighted by Gasteiger charge is -2.33. The van der Waals surface area contributed by atoms with E-state index in [4.69, 9.17) is 0 Å². The van der Waals surface area contributed by atoms with Crippen LogP contribution in [0.25, 0.3) is 0 Å². The smallest absolute Gasteiger partial charge is 0.318 e. The van der Waals surface area contributed by atoms with Gasteiger partial charge in [0.25, 0.3) is 10.2 Å². The van der Waals surface area contributed by atoms with Crippen molar-refractivity contribution in [3.8, 4) is 0 Å². The first-order chi connectivity index (χ1) is 9.37. The molecule has 7 nitrogen and oxygen atoms in total. The molecule has 2 rings (SSSR count). The van der Waals surface area contributed by atoms with Gasteiger partial charge in [0.05, 0.1) is 11.8 Å². The molecule has 0 radical (unpaired) electrons. The van der Waals surface area contributed by atoms with Crippen LogP contribution in [0.2, 0.25) is 0 Å². The molecule has 2 heterocycles. The monoisotopic (exact) mass is 304 g/mol. The van der Waals surface area contributed by atoms with Crippen molar-refractivity contribution in [2.75, 3.05) is 26.7 Å². The summed E-state index contributed by atoms with van der Waals surface area (Å²) in [6.45, 7) is 2.73. The molecule has 20 heavy (non-hydrogen) atoms. The van der Waals surface area contributed by atoms with Gasteiger partial charge in [0.1, 0.15) is 0 Å². The van der Waals surface area contributed by atoms with E-state index in [0.717, 1.165) is 12.8 Å². The summed E-state index contributed by atoms with van der Waals surface area (Å²) < 4.78 is 31.9. The number of ether oxygens (including phenoxy) is 1. The van der Waals surface area contributed by atoms with Gasteiger partial charge in [-0.05, 0) is 12.8 Å². The lowest BCUT2D eigenvalue weighted by Crippen LogP contribution is -2.49. The van der Waals surface area contributed by atoms with E-state index in [9.17, 15) is 18.0 Å². The molecule has 0 bridgehead atoms. The summed E-state index contributed by atoms with van der Waals surface area (Å²) >= 11 is 0. The van der Waals surface area contributed by atoms with Gasteiger partial charge in [-0.15, -0.1) is 0 Å². The minimum Gasteiger partial charge on any atom is -0.393 e. The molecule has 0 aromatic carbocycles. The largest absolute Gasteiger partial charge is 0.393 e. The molecule has 2 saturated heterocycles.